The molecule has 0 radical (unpaired) electrons. The average Bonchev–Trinajstić information content (AvgIpc) is 2.16. The molecule has 0 amide bonds. The standard InChI is InChI=1S/C12H24O3S/c1-3-6-10(2)9-11(13)12-7-4-5-8-16(12,14)15/h10-13H,3-9H2,1-2H3. The summed E-state index contributed by atoms with van der Waals surface area (Å²) in [5.74, 6) is 0.675. The summed E-state index contributed by atoms with van der Waals surface area (Å²) >= 11 is 0. The number of rotatable bonds is 5. The fraction of sp³-hybridized carbons (Fsp3) is 1.00. The topological polar surface area (TPSA) is 54.4 Å². The van der Waals surface area contributed by atoms with Gasteiger partial charge in [0.2, 0.25) is 0 Å². The average molecular weight is 248 g/mol. The van der Waals surface area contributed by atoms with Crippen molar-refractivity contribution in [2.45, 2.75) is 63.7 Å². The van der Waals surface area contributed by atoms with Gasteiger partial charge in [0.1, 0.15) is 0 Å². The highest BCUT2D eigenvalue weighted by molar-refractivity contribution is 7.92. The Bertz CT molecular complexity index is 297. The molecule has 16 heavy (non-hydrogen) atoms. The van der Waals surface area contributed by atoms with E-state index in [9.17, 15) is 13.5 Å². The van der Waals surface area contributed by atoms with Crippen LogP contribution in [0.25, 0.3) is 0 Å². The molecule has 3 unspecified atom stereocenters. The molecule has 1 fully saturated rings. The maximum atomic E-state index is 11.8. The first-order chi connectivity index (χ1) is 7.47. The Kier molecular flexibility index (Phi) is 5.25. The van der Waals surface area contributed by atoms with Gasteiger partial charge in [-0.1, -0.05) is 33.1 Å². The van der Waals surface area contributed by atoms with Gasteiger partial charge in [0.15, 0.2) is 9.84 Å². The molecule has 1 rings (SSSR count). The number of hydrogen-bond donors (Lipinski definition) is 1. The Morgan fingerprint density at radius 2 is 2.06 bits per heavy atom. The molecule has 3 atom stereocenters. The second-order valence-corrected chi connectivity index (χ2v) is 7.44. The molecule has 4 heteroatoms. The van der Waals surface area contributed by atoms with Crippen LogP contribution in [0.1, 0.15) is 52.4 Å². The minimum absolute atomic E-state index is 0.261. The molecular formula is C12H24O3S. The summed E-state index contributed by atoms with van der Waals surface area (Å²) in [5, 5.41) is 9.53. The van der Waals surface area contributed by atoms with Crippen molar-refractivity contribution in [1.29, 1.82) is 0 Å². The summed E-state index contributed by atoms with van der Waals surface area (Å²) in [6.07, 6.45) is 4.45. The van der Waals surface area contributed by atoms with Gasteiger partial charge in [0.05, 0.1) is 17.1 Å². The van der Waals surface area contributed by atoms with E-state index in [1.165, 1.54) is 0 Å². The predicted octanol–water partition coefficient (Wildman–Crippen LogP) is 2.14. The number of aliphatic hydroxyl groups excluding tert-OH is 1. The summed E-state index contributed by atoms with van der Waals surface area (Å²) in [6.45, 7) is 4.20. The van der Waals surface area contributed by atoms with Crippen molar-refractivity contribution < 1.29 is 13.5 Å². The molecular weight excluding hydrogens is 224 g/mol. The normalized spacial score (nSPS) is 28.6. The molecule has 96 valence electrons. The molecule has 0 aromatic carbocycles. The number of sulfone groups is 1. The van der Waals surface area contributed by atoms with Gasteiger partial charge in [0.25, 0.3) is 0 Å². The SMILES string of the molecule is CCCC(C)CC(O)C1CCCCS1(=O)=O. The van der Waals surface area contributed by atoms with Gasteiger partial charge in [-0.25, -0.2) is 8.42 Å². The van der Waals surface area contributed by atoms with Crippen LogP contribution in [0.3, 0.4) is 0 Å². The molecule has 0 bridgehead atoms. The van der Waals surface area contributed by atoms with Crippen LogP contribution in [0.2, 0.25) is 0 Å². The van der Waals surface area contributed by atoms with Crippen LogP contribution < -0.4 is 0 Å². The number of aliphatic hydroxyl groups is 1. The Balaban J connectivity index is 2.55. The fourth-order valence-corrected chi connectivity index (χ4v) is 4.61. The summed E-state index contributed by atoms with van der Waals surface area (Å²) in [4.78, 5) is 0. The third kappa shape index (κ3) is 3.74. The van der Waals surface area contributed by atoms with Crippen molar-refractivity contribution in [1.82, 2.24) is 0 Å². The summed E-state index contributed by atoms with van der Waals surface area (Å²) in [7, 11) is -3.03. The van der Waals surface area contributed by atoms with E-state index in [1.54, 1.807) is 0 Å². The molecule has 1 aliphatic rings. The van der Waals surface area contributed by atoms with Gasteiger partial charge in [-0.3, -0.25) is 0 Å². The van der Waals surface area contributed by atoms with Gasteiger partial charge < -0.3 is 5.11 Å². The van der Waals surface area contributed by atoms with Crippen LogP contribution in [-0.2, 0) is 9.84 Å². The molecule has 1 N–H and O–H groups in total. The monoisotopic (exact) mass is 248 g/mol. The maximum Gasteiger partial charge on any atom is 0.155 e. The molecule has 0 aromatic rings. The Morgan fingerprint density at radius 1 is 1.38 bits per heavy atom. The first-order valence-corrected chi connectivity index (χ1v) is 8.08. The molecule has 3 nitrogen and oxygen atoms in total. The number of hydrogen-bond acceptors (Lipinski definition) is 3. The Morgan fingerprint density at radius 3 is 2.62 bits per heavy atom. The van der Waals surface area contributed by atoms with Crippen molar-refractivity contribution in [3.8, 4) is 0 Å². The van der Waals surface area contributed by atoms with E-state index >= 15 is 0 Å². The molecule has 0 spiro atoms. The van der Waals surface area contributed by atoms with Gasteiger partial charge >= 0.3 is 0 Å². The van der Waals surface area contributed by atoms with Gasteiger partial charge in [-0.2, -0.15) is 0 Å². The van der Waals surface area contributed by atoms with E-state index in [0.717, 1.165) is 25.7 Å². The van der Waals surface area contributed by atoms with E-state index < -0.39 is 21.2 Å². The van der Waals surface area contributed by atoms with Gasteiger partial charge in [-0.15, -0.1) is 0 Å². The first-order valence-electron chi connectivity index (χ1n) is 6.37. The lowest BCUT2D eigenvalue weighted by molar-refractivity contribution is 0.132. The molecule has 1 saturated heterocycles. The lowest BCUT2D eigenvalue weighted by Crippen LogP contribution is -2.39. The Hall–Kier alpha value is -0.0900. The van der Waals surface area contributed by atoms with Crippen LogP contribution in [0.4, 0.5) is 0 Å². The fourth-order valence-electron chi connectivity index (χ4n) is 2.59. The summed E-state index contributed by atoms with van der Waals surface area (Å²) < 4.78 is 23.6. The summed E-state index contributed by atoms with van der Waals surface area (Å²) in [5.41, 5.74) is 0. The minimum atomic E-state index is -3.03. The van der Waals surface area contributed by atoms with Crippen molar-refractivity contribution in [3.05, 3.63) is 0 Å². The molecule has 0 aliphatic carbocycles. The zero-order chi connectivity index (χ0) is 12.2. The molecule has 1 aliphatic heterocycles. The van der Waals surface area contributed by atoms with Crippen molar-refractivity contribution in [2.75, 3.05) is 5.75 Å². The highest BCUT2D eigenvalue weighted by Crippen LogP contribution is 2.26. The van der Waals surface area contributed by atoms with E-state index in [4.69, 9.17) is 0 Å². The molecule has 1 heterocycles. The van der Waals surface area contributed by atoms with Crippen LogP contribution in [0.15, 0.2) is 0 Å². The second-order valence-electron chi connectivity index (χ2n) is 5.10. The second kappa shape index (κ2) is 6.01. The van der Waals surface area contributed by atoms with Crippen molar-refractivity contribution >= 4 is 9.84 Å². The third-order valence-electron chi connectivity index (χ3n) is 3.48. The lowest BCUT2D eigenvalue weighted by Gasteiger charge is -2.28. The molecule has 0 saturated carbocycles. The minimum Gasteiger partial charge on any atom is -0.392 e. The van der Waals surface area contributed by atoms with Crippen LogP contribution in [-0.4, -0.2) is 30.6 Å². The van der Waals surface area contributed by atoms with E-state index in [2.05, 4.69) is 13.8 Å². The largest absolute Gasteiger partial charge is 0.392 e. The summed E-state index contributed by atoms with van der Waals surface area (Å²) in [6, 6.07) is 0. The lowest BCUT2D eigenvalue weighted by atomic mass is 9.95. The highest BCUT2D eigenvalue weighted by atomic mass is 32.2. The van der Waals surface area contributed by atoms with Crippen molar-refractivity contribution in [3.63, 3.8) is 0 Å². The predicted molar refractivity (Wildman–Crippen MR) is 66.1 cm³/mol. The van der Waals surface area contributed by atoms with Gasteiger partial charge in [0, 0.05) is 0 Å². The zero-order valence-electron chi connectivity index (χ0n) is 10.4. The van der Waals surface area contributed by atoms with Crippen LogP contribution in [0.5, 0.6) is 0 Å². The van der Waals surface area contributed by atoms with E-state index in [0.29, 0.717) is 18.8 Å². The third-order valence-corrected chi connectivity index (χ3v) is 5.81. The van der Waals surface area contributed by atoms with Crippen LogP contribution >= 0.6 is 0 Å². The Labute approximate surface area is 99.2 Å². The highest BCUT2D eigenvalue weighted by Gasteiger charge is 2.34. The van der Waals surface area contributed by atoms with Gasteiger partial charge in [-0.05, 0) is 25.2 Å². The quantitative estimate of drug-likeness (QED) is 0.811. The smallest absolute Gasteiger partial charge is 0.155 e. The maximum absolute atomic E-state index is 11.8. The van der Waals surface area contributed by atoms with E-state index in [1.807, 2.05) is 0 Å². The molecule has 0 aromatic heterocycles. The van der Waals surface area contributed by atoms with Crippen LogP contribution in [0, 0.1) is 5.92 Å². The van der Waals surface area contributed by atoms with Crippen molar-refractivity contribution in [2.24, 2.45) is 5.92 Å². The first kappa shape index (κ1) is 14.0. The van der Waals surface area contributed by atoms with E-state index in [-0.39, 0.29) is 5.75 Å². The zero-order valence-corrected chi connectivity index (χ0v) is 11.2.